The molecule has 0 spiro atoms. The van der Waals surface area contributed by atoms with Crippen LogP contribution < -0.4 is 10.7 Å². The van der Waals surface area contributed by atoms with Crippen molar-refractivity contribution in [3.05, 3.63) is 52.5 Å². The Morgan fingerprint density at radius 1 is 1.30 bits per heavy atom. The van der Waals surface area contributed by atoms with Crippen LogP contribution in [-0.2, 0) is 0 Å². The zero-order valence-electron chi connectivity index (χ0n) is 10.9. The van der Waals surface area contributed by atoms with E-state index in [4.69, 9.17) is 12.2 Å². The molecule has 0 aliphatic carbocycles. The topological polar surface area (TPSA) is 36.4 Å². The van der Waals surface area contributed by atoms with Crippen LogP contribution in [0.2, 0.25) is 0 Å². The first-order valence-corrected chi connectivity index (χ1v) is 7.41. The number of hydrazone groups is 1. The van der Waals surface area contributed by atoms with Crippen molar-refractivity contribution in [2.45, 2.75) is 13.3 Å². The number of nitrogens with one attached hydrogen (secondary N) is 2. The Morgan fingerprint density at radius 2 is 2.05 bits per heavy atom. The van der Waals surface area contributed by atoms with Gasteiger partial charge in [-0.25, -0.2) is 4.39 Å². The number of thiophene rings is 1. The molecule has 0 amide bonds. The highest BCUT2D eigenvalue weighted by Crippen LogP contribution is 2.12. The monoisotopic (exact) mass is 307 g/mol. The summed E-state index contributed by atoms with van der Waals surface area (Å²) in [6, 6.07) is 9.99. The smallest absolute Gasteiger partial charge is 0.191 e. The Kier molecular flexibility index (Phi) is 5.20. The van der Waals surface area contributed by atoms with Gasteiger partial charge in [-0.15, -0.1) is 11.3 Å². The Bertz CT molecular complexity index is 591. The first-order valence-electron chi connectivity index (χ1n) is 6.12. The van der Waals surface area contributed by atoms with E-state index in [0.29, 0.717) is 10.8 Å². The molecule has 0 saturated carbocycles. The van der Waals surface area contributed by atoms with Gasteiger partial charge in [0, 0.05) is 5.69 Å². The summed E-state index contributed by atoms with van der Waals surface area (Å²) >= 11 is 6.78. The molecule has 0 saturated heterocycles. The zero-order chi connectivity index (χ0) is 14.4. The fourth-order valence-electron chi connectivity index (χ4n) is 1.56. The van der Waals surface area contributed by atoms with E-state index in [1.165, 1.54) is 12.1 Å². The minimum atomic E-state index is -0.279. The second-order valence-electron chi connectivity index (χ2n) is 3.96. The lowest BCUT2D eigenvalue weighted by atomic mass is 10.2. The Morgan fingerprint density at radius 3 is 2.65 bits per heavy atom. The molecule has 3 nitrogen and oxygen atoms in total. The van der Waals surface area contributed by atoms with Crippen molar-refractivity contribution >= 4 is 40.1 Å². The van der Waals surface area contributed by atoms with Crippen molar-refractivity contribution in [2.24, 2.45) is 5.10 Å². The van der Waals surface area contributed by atoms with E-state index in [9.17, 15) is 4.39 Å². The van der Waals surface area contributed by atoms with Crippen molar-refractivity contribution in [3.63, 3.8) is 0 Å². The Labute approximate surface area is 126 Å². The number of rotatable bonds is 4. The van der Waals surface area contributed by atoms with Crippen LogP contribution in [0.15, 0.2) is 46.9 Å². The minimum absolute atomic E-state index is 0.279. The molecule has 1 heterocycles. The maximum Gasteiger partial charge on any atom is 0.191 e. The van der Waals surface area contributed by atoms with E-state index in [1.54, 1.807) is 23.5 Å². The normalized spacial score (nSPS) is 11.2. The zero-order valence-corrected chi connectivity index (χ0v) is 12.5. The lowest BCUT2D eigenvalue weighted by Gasteiger charge is -2.08. The first kappa shape index (κ1) is 14.6. The average Bonchev–Trinajstić information content (AvgIpc) is 2.96. The molecule has 1 aromatic heterocycles. The lowest BCUT2D eigenvalue weighted by molar-refractivity contribution is 0.628. The van der Waals surface area contributed by atoms with E-state index in [-0.39, 0.29) is 5.82 Å². The molecule has 2 aromatic rings. The molecular formula is C14H14FN3S2. The van der Waals surface area contributed by atoms with E-state index in [2.05, 4.69) is 15.8 Å². The van der Waals surface area contributed by atoms with Gasteiger partial charge in [0.05, 0.1) is 10.6 Å². The number of anilines is 1. The van der Waals surface area contributed by atoms with Gasteiger partial charge in [-0.1, -0.05) is 13.0 Å². The van der Waals surface area contributed by atoms with Gasteiger partial charge in [-0.05, 0) is 54.4 Å². The van der Waals surface area contributed by atoms with Crippen LogP contribution >= 0.6 is 23.6 Å². The van der Waals surface area contributed by atoms with Crippen LogP contribution in [0, 0.1) is 5.82 Å². The van der Waals surface area contributed by atoms with Crippen molar-refractivity contribution < 1.29 is 4.39 Å². The fourth-order valence-corrected chi connectivity index (χ4v) is 2.51. The van der Waals surface area contributed by atoms with Gasteiger partial charge in [-0.3, -0.25) is 5.43 Å². The lowest BCUT2D eigenvalue weighted by Crippen LogP contribution is -2.25. The molecule has 2 N–H and O–H groups in total. The van der Waals surface area contributed by atoms with Gasteiger partial charge in [0.25, 0.3) is 0 Å². The van der Waals surface area contributed by atoms with Gasteiger partial charge < -0.3 is 5.32 Å². The molecule has 20 heavy (non-hydrogen) atoms. The highest BCUT2D eigenvalue weighted by Gasteiger charge is 2.03. The number of nitrogens with zero attached hydrogens (tertiary/aromatic N) is 1. The van der Waals surface area contributed by atoms with Gasteiger partial charge in [0.1, 0.15) is 5.82 Å². The molecule has 104 valence electrons. The molecule has 1 aromatic carbocycles. The first-order chi connectivity index (χ1) is 9.69. The summed E-state index contributed by atoms with van der Waals surface area (Å²) in [5.74, 6) is -0.279. The number of hydrogen-bond donors (Lipinski definition) is 2. The predicted octanol–water partition coefficient (Wildman–Crippen LogP) is 3.99. The molecule has 0 fully saturated rings. The largest absolute Gasteiger partial charge is 0.331 e. The quantitative estimate of drug-likeness (QED) is 0.509. The third-order valence-corrected chi connectivity index (χ3v) is 3.65. The molecule has 0 unspecified atom stereocenters. The van der Waals surface area contributed by atoms with E-state index < -0.39 is 0 Å². The van der Waals surface area contributed by atoms with Crippen molar-refractivity contribution in [1.82, 2.24) is 5.43 Å². The highest BCUT2D eigenvalue weighted by molar-refractivity contribution is 7.80. The molecule has 0 radical (unpaired) electrons. The molecule has 0 aliphatic rings. The molecule has 0 bridgehead atoms. The van der Waals surface area contributed by atoms with Crippen LogP contribution in [0.25, 0.3) is 0 Å². The highest BCUT2D eigenvalue weighted by atomic mass is 32.1. The summed E-state index contributed by atoms with van der Waals surface area (Å²) in [5.41, 5.74) is 4.47. The Balaban J connectivity index is 1.95. The van der Waals surface area contributed by atoms with Gasteiger partial charge in [-0.2, -0.15) is 5.10 Å². The Hall–Kier alpha value is -1.79. The fraction of sp³-hybridized carbons (Fsp3) is 0.143. The van der Waals surface area contributed by atoms with E-state index in [0.717, 1.165) is 17.0 Å². The van der Waals surface area contributed by atoms with Crippen LogP contribution in [0.5, 0.6) is 0 Å². The molecule has 2 rings (SSSR count). The maximum absolute atomic E-state index is 12.8. The van der Waals surface area contributed by atoms with Gasteiger partial charge in [0.15, 0.2) is 5.11 Å². The predicted molar refractivity (Wildman–Crippen MR) is 86.9 cm³/mol. The summed E-state index contributed by atoms with van der Waals surface area (Å²) in [7, 11) is 0. The standard InChI is InChI=1S/C14H14FN3S2/c1-2-12(13-4-3-9-20-13)17-18-14(19)16-11-7-5-10(15)6-8-11/h3-9H,2H2,1H3,(H2,16,18,19)/b17-12-. The summed E-state index contributed by atoms with van der Waals surface area (Å²) in [6.07, 6.45) is 0.812. The average molecular weight is 307 g/mol. The third-order valence-electron chi connectivity index (χ3n) is 2.53. The second kappa shape index (κ2) is 7.12. The third kappa shape index (κ3) is 4.11. The number of hydrogen-bond acceptors (Lipinski definition) is 3. The molecular weight excluding hydrogens is 293 g/mol. The van der Waals surface area contributed by atoms with Gasteiger partial charge >= 0.3 is 0 Å². The summed E-state index contributed by atoms with van der Waals surface area (Å²) in [6.45, 7) is 2.04. The maximum atomic E-state index is 12.8. The van der Waals surface area contributed by atoms with Crippen LogP contribution in [-0.4, -0.2) is 10.8 Å². The summed E-state index contributed by atoms with van der Waals surface area (Å²) < 4.78 is 12.8. The molecule has 6 heteroatoms. The van der Waals surface area contributed by atoms with Crippen LogP contribution in [0.3, 0.4) is 0 Å². The molecule has 0 aliphatic heterocycles. The molecule has 0 atom stereocenters. The van der Waals surface area contributed by atoms with Crippen LogP contribution in [0.1, 0.15) is 18.2 Å². The second-order valence-corrected chi connectivity index (χ2v) is 5.32. The SMILES string of the molecule is CC/C(=N/NC(=S)Nc1ccc(F)cc1)c1cccs1. The van der Waals surface area contributed by atoms with E-state index in [1.807, 2.05) is 24.4 Å². The van der Waals surface area contributed by atoms with Crippen molar-refractivity contribution in [1.29, 1.82) is 0 Å². The summed E-state index contributed by atoms with van der Waals surface area (Å²) in [5, 5.41) is 9.63. The minimum Gasteiger partial charge on any atom is -0.331 e. The number of thiocarbonyl (C=S) groups is 1. The van der Waals surface area contributed by atoms with Crippen LogP contribution in [0.4, 0.5) is 10.1 Å². The number of halogens is 1. The van der Waals surface area contributed by atoms with Crippen molar-refractivity contribution in [3.8, 4) is 0 Å². The van der Waals surface area contributed by atoms with E-state index >= 15 is 0 Å². The summed E-state index contributed by atoms with van der Waals surface area (Å²) in [4.78, 5) is 1.12. The van der Waals surface area contributed by atoms with Gasteiger partial charge in [0.2, 0.25) is 0 Å². The van der Waals surface area contributed by atoms with Crippen molar-refractivity contribution in [2.75, 3.05) is 5.32 Å². The number of benzene rings is 1.